The fourth-order valence-corrected chi connectivity index (χ4v) is 3.34. The number of hydrogen-bond donors (Lipinski definition) is 0. The zero-order valence-electron chi connectivity index (χ0n) is 10.8. The zero-order chi connectivity index (χ0) is 11.9. The quantitative estimate of drug-likeness (QED) is 0.415. The van der Waals surface area contributed by atoms with Gasteiger partial charge in [-0.2, -0.15) is 0 Å². The molecular weight excluding hydrogens is 346 g/mol. The van der Waals surface area contributed by atoms with E-state index >= 15 is 0 Å². The van der Waals surface area contributed by atoms with Crippen LogP contribution in [0.1, 0.15) is 24.0 Å². The van der Waals surface area contributed by atoms with Crippen LogP contribution in [0.3, 0.4) is 0 Å². The van der Waals surface area contributed by atoms with Crippen molar-refractivity contribution in [1.29, 1.82) is 0 Å². The molecule has 1 aliphatic rings. The van der Waals surface area contributed by atoms with Crippen molar-refractivity contribution < 1.29 is 20.4 Å². The van der Waals surface area contributed by atoms with Gasteiger partial charge < -0.3 is 0 Å². The summed E-state index contributed by atoms with van der Waals surface area (Å²) in [5.41, 5.74) is 3.17. The molecule has 0 nitrogen and oxygen atoms in total. The topological polar surface area (TPSA) is 0 Å². The van der Waals surface area contributed by atoms with E-state index in [0.717, 1.165) is 0 Å². The summed E-state index contributed by atoms with van der Waals surface area (Å²) in [4.78, 5) is 0. The molecule has 0 saturated carbocycles. The van der Waals surface area contributed by atoms with E-state index in [1.807, 2.05) is 0 Å². The minimum absolute atomic E-state index is 0. The summed E-state index contributed by atoms with van der Waals surface area (Å²) >= 11 is 0. The number of hydrogen-bond acceptors (Lipinski definition) is 0. The van der Waals surface area contributed by atoms with Gasteiger partial charge in [-0.1, -0.05) is 48.5 Å². The monoisotopic (exact) mass is 362 g/mol. The van der Waals surface area contributed by atoms with Crippen LogP contribution in [0.4, 0.5) is 0 Å². The van der Waals surface area contributed by atoms with Crippen molar-refractivity contribution in [2.45, 2.75) is 25.7 Å². The Bertz CT molecular complexity index is 749. The van der Waals surface area contributed by atoms with Crippen molar-refractivity contribution in [1.82, 2.24) is 0 Å². The molecule has 0 heterocycles. The maximum atomic E-state index is 2.35. The van der Waals surface area contributed by atoms with Gasteiger partial charge in [-0.15, -0.1) is 0 Å². The third-order valence-electron chi connectivity index (χ3n) is 4.26. The van der Waals surface area contributed by atoms with E-state index in [4.69, 9.17) is 0 Å². The number of benzene rings is 3. The van der Waals surface area contributed by atoms with E-state index in [-0.39, 0.29) is 50.0 Å². The van der Waals surface area contributed by atoms with Gasteiger partial charge >= 0.3 is 29.6 Å². The molecule has 0 atom stereocenters. The van der Waals surface area contributed by atoms with Gasteiger partial charge in [0.05, 0.1) is 0 Å². The summed E-state index contributed by atoms with van der Waals surface area (Å²) in [5, 5.41) is 5.64. The molecule has 2 heteroatoms. The molecule has 0 radical (unpaired) electrons. The molecule has 3 aromatic carbocycles. The maximum absolute atomic E-state index is 2.35. The zero-order valence-corrected chi connectivity index (χ0v) is 12.3. The SMILES string of the molecule is [NaH].[Pd].c1ccc2c(c1)ccc1c3c(ccc12)CCCC3. The van der Waals surface area contributed by atoms with Crippen molar-refractivity contribution in [3.63, 3.8) is 0 Å². The fraction of sp³-hybridized carbons (Fsp3) is 0.222. The molecule has 0 aromatic heterocycles. The molecule has 100 valence electrons. The summed E-state index contributed by atoms with van der Waals surface area (Å²) in [7, 11) is 0. The molecule has 20 heavy (non-hydrogen) atoms. The molecule has 4 rings (SSSR count). The van der Waals surface area contributed by atoms with Crippen molar-refractivity contribution in [3.8, 4) is 0 Å². The van der Waals surface area contributed by atoms with E-state index in [2.05, 4.69) is 48.5 Å². The second-order valence-corrected chi connectivity index (χ2v) is 5.29. The molecule has 0 saturated heterocycles. The third kappa shape index (κ3) is 2.63. The molecule has 1 aliphatic carbocycles. The van der Waals surface area contributed by atoms with Crippen LogP contribution in [0.5, 0.6) is 0 Å². The predicted octanol–water partition coefficient (Wildman–Crippen LogP) is 4.22. The first-order chi connectivity index (χ1) is 8.93. The molecule has 0 fully saturated rings. The summed E-state index contributed by atoms with van der Waals surface area (Å²) in [6, 6.07) is 18.0. The van der Waals surface area contributed by atoms with Crippen molar-refractivity contribution >= 4 is 51.1 Å². The van der Waals surface area contributed by atoms with E-state index < -0.39 is 0 Å². The van der Waals surface area contributed by atoms with Crippen LogP contribution < -0.4 is 0 Å². The van der Waals surface area contributed by atoms with Gasteiger partial charge in [0.25, 0.3) is 0 Å². The summed E-state index contributed by atoms with van der Waals surface area (Å²) in [6.07, 6.45) is 5.22. The van der Waals surface area contributed by atoms with E-state index in [1.54, 1.807) is 11.1 Å². The summed E-state index contributed by atoms with van der Waals surface area (Å²) < 4.78 is 0. The Morgan fingerprint density at radius 2 is 1.40 bits per heavy atom. The standard InChI is InChI=1S/C18H16.Na.Pd.H/c1-3-7-15-13(5-1)9-11-18-16-8-4-2-6-14(16)10-12-17(15)18;;;/h1,3,5,7,9-12H,2,4,6,8H2;;;. The fourth-order valence-electron chi connectivity index (χ4n) is 3.34. The molecular formula is C18H17NaPd. The van der Waals surface area contributed by atoms with Crippen LogP contribution in [0.25, 0.3) is 21.5 Å². The molecule has 0 spiro atoms. The smallest absolute Gasteiger partial charge is 0 e. The average Bonchev–Trinajstić information content (AvgIpc) is 2.46. The van der Waals surface area contributed by atoms with Gasteiger partial charge in [0.15, 0.2) is 0 Å². The van der Waals surface area contributed by atoms with E-state index in [0.29, 0.717) is 0 Å². The maximum Gasteiger partial charge on any atom is 0 e. The van der Waals surface area contributed by atoms with Crippen LogP contribution in [0.15, 0.2) is 48.5 Å². The Kier molecular flexibility index (Phi) is 5.46. The van der Waals surface area contributed by atoms with Gasteiger partial charge in [-0.3, -0.25) is 0 Å². The van der Waals surface area contributed by atoms with Crippen molar-refractivity contribution in [2.75, 3.05) is 0 Å². The number of fused-ring (bicyclic) bond motifs is 5. The first-order valence-electron chi connectivity index (χ1n) is 6.86. The van der Waals surface area contributed by atoms with Crippen LogP contribution in [0, 0.1) is 0 Å². The first-order valence-corrected chi connectivity index (χ1v) is 6.86. The van der Waals surface area contributed by atoms with Crippen molar-refractivity contribution in [2.24, 2.45) is 0 Å². The summed E-state index contributed by atoms with van der Waals surface area (Å²) in [5.74, 6) is 0. The molecule has 0 bridgehead atoms. The van der Waals surface area contributed by atoms with E-state index in [1.165, 1.54) is 47.2 Å². The van der Waals surface area contributed by atoms with Gasteiger partial charge in [-0.05, 0) is 58.4 Å². The second kappa shape index (κ2) is 6.74. The third-order valence-corrected chi connectivity index (χ3v) is 4.26. The Morgan fingerprint density at radius 3 is 2.30 bits per heavy atom. The molecule has 3 aromatic rings. The normalized spacial score (nSPS) is 13.4. The Hall–Kier alpha value is -0.158. The van der Waals surface area contributed by atoms with Gasteiger partial charge in [0.2, 0.25) is 0 Å². The van der Waals surface area contributed by atoms with Gasteiger partial charge in [0.1, 0.15) is 0 Å². The minimum atomic E-state index is 0. The Morgan fingerprint density at radius 1 is 0.650 bits per heavy atom. The number of aryl methyl sites for hydroxylation is 2. The number of rotatable bonds is 0. The van der Waals surface area contributed by atoms with Gasteiger partial charge in [-0.25, -0.2) is 0 Å². The van der Waals surface area contributed by atoms with E-state index in [9.17, 15) is 0 Å². The van der Waals surface area contributed by atoms with Crippen LogP contribution in [-0.4, -0.2) is 29.6 Å². The average molecular weight is 363 g/mol. The van der Waals surface area contributed by atoms with Gasteiger partial charge in [0, 0.05) is 20.4 Å². The Labute approximate surface area is 155 Å². The minimum Gasteiger partial charge on any atom is -0.0616 e. The predicted molar refractivity (Wildman–Crippen MR) is 85.2 cm³/mol. The summed E-state index contributed by atoms with van der Waals surface area (Å²) in [6.45, 7) is 0. The molecule has 0 amide bonds. The largest absolute Gasteiger partial charge is 0.0616 e. The van der Waals surface area contributed by atoms with Crippen LogP contribution >= 0.6 is 0 Å². The second-order valence-electron chi connectivity index (χ2n) is 5.29. The molecule has 0 aliphatic heterocycles. The first kappa shape index (κ1) is 16.2. The molecule has 0 unspecified atom stereocenters. The van der Waals surface area contributed by atoms with Crippen molar-refractivity contribution in [3.05, 3.63) is 59.7 Å². The molecule has 0 N–H and O–H groups in total. The van der Waals surface area contributed by atoms with Crippen LogP contribution in [0.2, 0.25) is 0 Å². The Balaban J connectivity index is 0.000000735. The van der Waals surface area contributed by atoms with Crippen LogP contribution in [-0.2, 0) is 33.3 Å².